The standard InChI is InChI=1S/C11H10BrF2N5O/c12-8-9(16-5-17-10(8)19-15)18-6-3-1-2-4-7(6)20-11(13)14/h1-5,11H,15H2,(H2,16,17,18,19). The molecule has 2 rings (SSSR count). The molecule has 6 nitrogen and oxygen atoms in total. The van der Waals surface area contributed by atoms with Crippen molar-refractivity contribution in [1.82, 2.24) is 9.97 Å². The van der Waals surface area contributed by atoms with Crippen molar-refractivity contribution in [3.05, 3.63) is 35.1 Å². The smallest absolute Gasteiger partial charge is 0.387 e. The summed E-state index contributed by atoms with van der Waals surface area (Å²) in [6.07, 6.45) is 1.28. The summed E-state index contributed by atoms with van der Waals surface area (Å²) in [5, 5.41) is 2.87. The average Bonchev–Trinajstić information content (AvgIpc) is 2.42. The zero-order chi connectivity index (χ0) is 14.5. The van der Waals surface area contributed by atoms with Crippen LogP contribution in [0.4, 0.5) is 26.1 Å². The number of hydrogen-bond donors (Lipinski definition) is 3. The van der Waals surface area contributed by atoms with E-state index >= 15 is 0 Å². The fraction of sp³-hybridized carbons (Fsp3) is 0.0909. The molecule has 1 aromatic carbocycles. The molecule has 0 bridgehead atoms. The fourth-order valence-corrected chi connectivity index (χ4v) is 1.87. The van der Waals surface area contributed by atoms with Crippen LogP contribution in [0.5, 0.6) is 5.75 Å². The molecule has 0 aliphatic carbocycles. The topological polar surface area (TPSA) is 85.1 Å². The number of nitrogens with one attached hydrogen (secondary N) is 2. The molecule has 1 aromatic heterocycles. The number of nitrogens with zero attached hydrogens (tertiary/aromatic N) is 2. The van der Waals surface area contributed by atoms with E-state index in [9.17, 15) is 8.78 Å². The van der Waals surface area contributed by atoms with E-state index in [0.29, 0.717) is 21.8 Å². The van der Waals surface area contributed by atoms with Crippen LogP contribution in [0.2, 0.25) is 0 Å². The normalized spacial score (nSPS) is 10.4. The fourth-order valence-electron chi connectivity index (χ4n) is 1.45. The Balaban J connectivity index is 2.30. The van der Waals surface area contributed by atoms with Crippen molar-refractivity contribution >= 4 is 33.3 Å². The van der Waals surface area contributed by atoms with E-state index in [-0.39, 0.29) is 5.75 Å². The molecule has 1 heterocycles. The first-order valence-corrected chi connectivity index (χ1v) is 6.19. The second-order valence-corrected chi connectivity index (χ2v) is 4.32. The Kier molecular flexibility index (Phi) is 4.64. The average molecular weight is 346 g/mol. The lowest BCUT2D eigenvalue weighted by Gasteiger charge is -2.13. The van der Waals surface area contributed by atoms with Crippen LogP contribution in [0.25, 0.3) is 0 Å². The van der Waals surface area contributed by atoms with Crippen molar-refractivity contribution in [3.63, 3.8) is 0 Å². The van der Waals surface area contributed by atoms with Crippen LogP contribution in [0.3, 0.4) is 0 Å². The molecule has 4 N–H and O–H groups in total. The molecule has 0 spiro atoms. The van der Waals surface area contributed by atoms with Gasteiger partial charge in [-0.25, -0.2) is 15.8 Å². The van der Waals surface area contributed by atoms with Crippen LogP contribution in [-0.4, -0.2) is 16.6 Å². The number of nitrogens with two attached hydrogens (primary N) is 1. The zero-order valence-corrected chi connectivity index (χ0v) is 11.6. The number of aromatic nitrogens is 2. The summed E-state index contributed by atoms with van der Waals surface area (Å²) < 4.78 is 29.5. The predicted octanol–water partition coefficient (Wildman–Crippen LogP) is 2.87. The van der Waals surface area contributed by atoms with E-state index in [0.717, 1.165) is 0 Å². The Bertz CT molecular complexity index is 599. The van der Waals surface area contributed by atoms with Gasteiger partial charge in [0.15, 0.2) is 5.82 Å². The van der Waals surface area contributed by atoms with Crippen LogP contribution in [0.1, 0.15) is 0 Å². The zero-order valence-electron chi connectivity index (χ0n) is 9.98. The van der Waals surface area contributed by atoms with Crippen molar-refractivity contribution < 1.29 is 13.5 Å². The lowest BCUT2D eigenvalue weighted by atomic mass is 10.3. The van der Waals surface area contributed by atoms with E-state index in [4.69, 9.17) is 5.84 Å². The largest absolute Gasteiger partial charge is 0.433 e. The highest BCUT2D eigenvalue weighted by atomic mass is 79.9. The van der Waals surface area contributed by atoms with Crippen molar-refractivity contribution in [2.75, 3.05) is 10.7 Å². The number of benzene rings is 1. The first-order chi connectivity index (χ1) is 9.61. The number of hydrogen-bond acceptors (Lipinski definition) is 6. The lowest BCUT2D eigenvalue weighted by molar-refractivity contribution is -0.0493. The predicted molar refractivity (Wildman–Crippen MR) is 73.9 cm³/mol. The van der Waals surface area contributed by atoms with E-state index in [1.807, 2.05) is 0 Å². The van der Waals surface area contributed by atoms with Crippen molar-refractivity contribution in [3.8, 4) is 5.75 Å². The van der Waals surface area contributed by atoms with E-state index in [1.165, 1.54) is 12.4 Å². The molecular weight excluding hydrogens is 336 g/mol. The molecule has 0 atom stereocenters. The SMILES string of the molecule is NNc1ncnc(Nc2ccccc2OC(F)F)c1Br. The van der Waals surface area contributed by atoms with Crippen molar-refractivity contribution in [2.24, 2.45) is 5.84 Å². The number of rotatable bonds is 5. The molecule has 0 amide bonds. The molecule has 0 radical (unpaired) electrons. The van der Waals surface area contributed by atoms with Gasteiger partial charge in [0.1, 0.15) is 22.4 Å². The lowest BCUT2D eigenvalue weighted by Crippen LogP contribution is -2.11. The third-order valence-corrected chi connectivity index (χ3v) is 3.03. The molecule has 0 saturated heterocycles. The maximum Gasteiger partial charge on any atom is 0.387 e. The van der Waals surface area contributed by atoms with Gasteiger partial charge in [0, 0.05) is 0 Å². The Morgan fingerprint density at radius 1 is 1.20 bits per heavy atom. The highest BCUT2D eigenvalue weighted by Gasteiger charge is 2.12. The van der Waals surface area contributed by atoms with E-state index in [2.05, 4.69) is 41.4 Å². The number of para-hydroxylation sites is 2. The first-order valence-electron chi connectivity index (χ1n) is 5.39. The Morgan fingerprint density at radius 3 is 2.60 bits per heavy atom. The molecule has 2 aromatic rings. The quantitative estimate of drug-likeness (QED) is 0.570. The molecule has 0 fully saturated rings. The van der Waals surface area contributed by atoms with Gasteiger partial charge < -0.3 is 15.5 Å². The summed E-state index contributed by atoms with van der Waals surface area (Å²) in [6, 6.07) is 6.27. The van der Waals surface area contributed by atoms with Crippen LogP contribution in [0.15, 0.2) is 35.1 Å². The van der Waals surface area contributed by atoms with Gasteiger partial charge in [-0.2, -0.15) is 8.78 Å². The molecular formula is C11H10BrF2N5O. The third kappa shape index (κ3) is 3.31. The van der Waals surface area contributed by atoms with Gasteiger partial charge in [0.2, 0.25) is 0 Å². The minimum absolute atomic E-state index is 0.00951. The van der Waals surface area contributed by atoms with Crippen molar-refractivity contribution in [2.45, 2.75) is 6.61 Å². The second kappa shape index (κ2) is 6.44. The van der Waals surface area contributed by atoms with Gasteiger partial charge in [-0.1, -0.05) is 12.1 Å². The van der Waals surface area contributed by atoms with Gasteiger partial charge >= 0.3 is 6.61 Å². The minimum atomic E-state index is -2.91. The summed E-state index contributed by atoms with van der Waals surface area (Å²) in [6.45, 7) is -2.91. The summed E-state index contributed by atoms with van der Waals surface area (Å²) >= 11 is 3.26. The summed E-state index contributed by atoms with van der Waals surface area (Å²) in [4.78, 5) is 7.88. The summed E-state index contributed by atoms with van der Waals surface area (Å²) in [5.41, 5.74) is 2.72. The molecule has 0 aliphatic rings. The summed E-state index contributed by atoms with van der Waals surface area (Å²) in [5.74, 6) is 6.01. The minimum Gasteiger partial charge on any atom is -0.433 e. The van der Waals surface area contributed by atoms with Crippen molar-refractivity contribution in [1.29, 1.82) is 0 Å². The monoisotopic (exact) mass is 345 g/mol. The molecule has 106 valence electrons. The van der Waals surface area contributed by atoms with Crippen LogP contribution < -0.4 is 21.3 Å². The second-order valence-electron chi connectivity index (χ2n) is 3.53. The molecule has 0 unspecified atom stereocenters. The Labute approximate surface area is 121 Å². The van der Waals surface area contributed by atoms with Gasteiger partial charge in [0.25, 0.3) is 0 Å². The number of ether oxygens (including phenoxy) is 1. The van der Waals surface area contributed by atoms with E-state index in [1.54, 1.807) is 18.2 Å². The highest BCUT2D eigenvalue weighted by Crippen LogP contribution is 2.32. The first kappa shape index (κ1) is 14.4. The number of anilines is 3. The number of hydrazine groups is 1. The van der Waals surface area contributed by atoms with Gasteiger partial charge in [-0.3, -0.25) is 0 Å². The number of nitrogen functional groups attached to an aromatic ring is 1. The maximum absolute atomic E-state index is 12.3. The highest BCUT2D eigenvalue weighted by molar-refractivity contribution is 9.10. The van der Waals surface area contributed by atoms with Crippen LogP contribution in [0, 0.1) is 0 Å². The molecule has 0 aliphatic heterocycles. The van der Waals surface area contributed by atoms with E-state index < -0.39 is 6.61 Å². The molecule has 9 heteroatoms. The van der Waals surface area contributed by atoms with Crippen LogP contribution in [-0.2, 0) is 0 Å². The third-order valence-electron chi connectivity index (χ3n) is 2.28. The Hall–Kier alpha value is -2.00. The van der Waals surface area contributed by atoms with Crippen LogP contribution >= 0.6 is 15.9 Å². The van der Waals surface area contributed by atoms with Gasteiger partial charge in [-0.15, -0.1) is 0 Å². The Morgan fingerprint density at radius 2 is 1.90 bits per heavy atom. The molecule has 0 saturated carbocycles. The number of halogens is 3. The number of alkyl halides is 2. The summed E-state index contributed by atoms with van der Waals surface area (Å²) in [7, 11) is 0. The molecule has 20 heavy (non-hydrogen) atoms. The van der Waals surface area contributed by atoms with Gasteiger partial charge in [0.05, 0.1) is 5.69 Å². The van der Waals surface area contributed by atoms with Gasteiger partial charge in [-0.05, 0) is 28.1 Å². The maximum atomic E-state index is 12.3.